The highest BCUT2D eigenvalue weighted by molar-refractivity contribution is 5.92. The lowest BCUT2D eigenvalue weighted by molar-refractivity contribution is -0.140. The van der Waals surface area contributed by atoms with Crippen LogP contribution in [0.5, 0.6) is 0 Å². The van der Waals surface area contributed by atoms with E-state index >= 15 is 0 Å². The topological polar surface area (TPSA) is 69.0 Å². The number of anilines is 1. The predicted molar refractivity (Wildman–Crippen MR) is 77.9 cm³/mol. The number of nitrogens with zero attached hydrogens (tertiary/aromatic N) is 3. The molecule has 1 aliphatic heterocycles. The molecule has 9 heteroatoms. The average molecular weight is 338 g/mol. The molecule has 1 atom stereocenters. The Hall–Kier alpha value is -2.84. The zero-order valence-electron chi connectivity index (χ0n) is 12.5. The number of hydrogen-bond acceptors (Lipinski definition) is 5. The third-order valence-corrected chi connectivity index (χ3v) is 3.49. The number of aromatic nitrogens is 3. The highest BCUT2D eigenvalue weighted by Gasteiger charge is 2.46. The molecule has 0 fully saturated rings. The molecular formula is C15H13F3N4O2. The van der Waals surface area contributed by atoms with Crippen molar-refractivity contribution in [3.63, 3.8) is 0 Å². The third-order valence-electron chi connectivity index (χ3n) is 3.49. The largest absolute Gasteiger partial charge is 0.463 e. The van der Waals surface area contributed by atoms with E-state index in [1.807, 2.05) is 0 Å². The van der Waals surface area contributed by atoms with Gasteiger partial charge in [-0.15, -0.1) is 0 Å². The summed E-state index contributed by atoms with van der Waals surface area (Å²) in [5.74, 6) is -1.14. The quantitative estimate of drug-likeness (QED) is 0.872. The summed E-state index contributed by atoms with van der Waals surface area (Å²) in [7, 11) is 0. The van der Waals surface area contributed by atoms with Crippen molar-refractivity contribution in [2.75, 3.05) is 11.9 Å². The van der Waals surface area contributed by atoms with Crippen LogP contribution in [-0.4, -0.2) is 33.5 Å². The van der Waals surface area contributed by atoms with Crippen molar-refractivity contribution in [3.8, 4) is 0 Å². The van der Waals surface area contributed by atoms with Gasteiger partial charge < -0.3 is 10.1 Å². The maximum absolute atomic E-state index is 13.5. The van der Waals surface area contributed by atoms with E-state index in [9.17, 15) is 18.0 Å². The number of halogens is 3. The van der Waals surface area contributed by atoms with Gasteiger partial charge in [0.1, 0.15) is 18.1 Å². The van der Waals surface area contributed by atoms with Gasteiger partial charge in [0.2, 0.25) is 5.95 Å². The molecule has 0 amide bonds. The van der Waals surface area contributed by atoms with E-state index < -0.39 is 29.5 Å². The second kappa shape index (κ2) is 5.99. The maximum atomic E-state index is 13.5. The number of nitrogens with one attached hydrogen (secondary N) is 1. The van der Waals surface area contributed by atoms with E-state index in [0.717, 1.165) is 6.33 Å². The van der Waals surface area contributed by atoms with Crippen molar-refractivity contribution in [1.82, 2.24) is 14.8 Å². The first-order valence-electron chi connectivity index (χ1n) is 7.13. The van der Waals surface area contributed by atoms with Crippen molar-refractivity contribution >= 4 is 11.9 Å². The minimum Gasteiger partial charge on any atom is -0.463 e. The molecule has 1 aromatic heterocycles. The molecule has 3 rings (SSSR count). The number of ether oxygens (including phenoxy) is 1. The van der Waals surface area contributed by atoms with Crippen LogP contribution >= 0.6 is 0 Å². The van der Waals surface area contributed by atoms with Crippen LogP contribution in [0.2, 0.25) is 0 Å². The Kier molecular flexibility index (Phi) is 4.00. The molecule has 1 aromatic carbocycles. The summed E-state index contributed by atoms with van der Waals surface area (Å²) in [6.07, 6.45) is -3.65. The van der Waals surface area contributed by atoms with E-state index in [-0.39, 0.29) is 12.6 Å². The van der Waals surface area contributed by atoms with Crippen LogP contribution in [0.4, 0.5) is 19.1 Å². The highest BCUT2D eigenvalue weighted by Crippen LogP contribution is 2.40. The van der Waals surface area contributed by atoms with E-state index in [4.69, 9.17) is 4.74 Å². The number of hydrogen-bond donors (Lipinski definition) is 1. The molecule has 6 nitrogen and oxygen atoms in total. The molecule has 0 aliphatic carbocycles. The van der Waals surface area contributed by atoms with Gasteiger partial charge in [-0.05, 0) is 12.5 Å². The van der Waals surface area contributed by atoms with Gasteiger partial charge >= 0.3 is 12.1 Å². The lowest BCUT2D eigenvalue weighted by atomic mass is 9.95. The summed E-state index contributed by atoms with van der Waals surface area (Å²) in [5, 5.41) is 6.11. The van der Waals surface area contributed by atoms with Gasteiger partial charge in [0.25, 0.3) is 0 Å². The molecule has 2 heterocycles. The second-order valence-corrected chi connectivity index (χ2v) is 4.97. The number of benzene rings is 1. The maximum Gasteiger partial charge on any atom is 0.431 e. The van der Waals surface area contributed by atoms with E-state index in [1.54, 1.807) is 30.3 Å². The van der Waals surface area contributed by atoms with Crippen LogP contribution in [0.15, 0.2) is 47.9 Å². The number of carbonyl (C=O) groups is 1. The van der Waals surface area contributed by atoms with E-state index in [1.165, 1.54) is 11.6 Å². The molecule has 24 heavy (non-hydrogen) atoms. The molecular weight excluding hydrogens is 325 g/mol. The standard InChI is InChI=1S/C15H13F3N4O2/c1-2-24-13(23)10-11(9-6-4-3-5-7-9)22-14(19-8-20-22)21-12(10)15(16,17)18/h3-8,11H,2H2,1H3,(H,19,20,21). The van der Waals surface area contributed by atoms with Crippen molar-refractivity contribution < 1.29 is 22.7 Å². The summed E-state index contributed by atoms with van der Waals surface area (Å²) in [4.78, 5) is 16.1. The molecule has 1 unspecified atom stereocenters. The van der Waals surface area contributed by atoms with Gasteiger partial charge in [0.05, 0.1) is 12.2 Å². The molecule has 126 valence electrons. The van der Waals surface area contributed by atoms with Gasteiger partial charge in [-0.2, -0.15) is 23.3 Å². The summed E-state index contributed by atoms with van der Waals surface area (Å²) >= 11 is 0. The molecule has 0 spiro atoms. The van der Waals surface area contributed by atoms with Crippen LogP contribution in [0.25, 0.3) is 0 Å². The Morgan fingerprint density at radius 2 is 2.04 bits per heavy atom. The smallest absolute Gasteiger partial charge is 0.431 e. The fourth-order valence-electron chi connectivity index (χ4n) is 2.56. The lowest BCUT2D eigenvalue weighted by Gasteiger charge is -2.30. The number of allylic oxidation sites excluding steroid dienone is 1. The zero-order valence-corrected chi connectivity index (χ0v) is 12.5. The minimum atomic E-state index is -4.77. The van der Waals surface area contributed by atoms with Gasteiger partial charge in [-0.1, -0.05) is 30.3 Å². The van der Waals surface area contributed by atoms with Crippen LogP contribution in [0.3, 0.4) is 0 Å². The van der Waals surface area contributed by atoms with Crippen LogP contribution < -0.4 is 5.32 Å². The first kappa shape index (κ1) is 16.0. The number of fused-ring (bicyclic) bond motifs is 1. The van der Waals surface area contributed by atoms with Crippen LogP contribution in [0.1, 0.15) is 18.5 Å². The van der Waals surface area contributed by atoms with Crippen LogP contribution in [-0.2, 0) is 9.53 Å². The Labute approximate surface area is 134 Å². The molecule has 0 bridgehead atoms. The molecule has 0 saturated carbocycles. The average Bonchev–Trinajstić information content (AvgIpc) is 3.01. The number of esters is 1. The summed E-state index contributed by atoms with van der Waals surface area (Å²) < 4.78 is 46.6. The number of carbonyl (C=O) groups excluding carboxylic acids is 1. The van der Waals surface area contributed by atoms with Crippen molar-refractivity contribution in [2.24, 2.45) is 0 Å². The summed E-state index contributed by atoms with van der Waals surface area (Å²) in [6.45, 7) is 1.49. The monoisotopic (exact) mass is 338 g/mol. The van der Waals surface area contributed by atoms with Crippen molar-refractivity contribution in [2.45, 2.75) is 19.1 Å². The van der Waals surface area contributed by atoms with Crippen molar-refractivity contribution in [1.29, 1.82) is 0 Å². The fraction of sp³-hybridized carbons (Fsp3) is 0.267. The van der Waals surface area contributed by atoms with Crippen LogP contribution in [0, 0.1) is 0 Å². The van der Waals surface area contributed by atoms with Gasteiger partial charge in [0, 0.05) is 0 Å². The summed E-state index contributed by atoms with van der Waals surface area (Å²) in [6, 6.07) is 7.23. The highest BCUT2D eigenvalue weighted by atomic mass is 19.4. The Balaban J connectivity index is 2.24. The number of rotatable bonds is 3. The summed E-state index contributed by atoms with van der Waals surface area (Å²) in [5.41, 5.74) is -1.26. The molecule has 2 aromatic rings. The van der Waals surface area contributed by atoms with Crippen molar-refractivity contribution in [3.05, 3.63) is 53.5 Å². The molecule has 1 N–H and O–H groups in total. The molecule has 0 radical (unpaired) electrons. The zero-order chi connectivity index (χ0) is 17.3. The van der Waals surface area contributed by atoms with Gasteiger partial charge in [0.15, 0.2) is 0 Å². The predicted octanol–water partition coefficient (Wildman–Crippen LogP) is 2.67. The minimum absolute atomic E-state index is 0.0425. The lowest BCUT2D eigenvalue weighted by Crippen LogP contribution is -2.35. The van der Waals surface area contributed by atoms with E-state index in [2.05, 4.69) is 15.4 Å². The number of alkyl halides is 3. The first-order chi connectivity index (χ1) is 11.4. The first-order valence-corrected chi connectivity index (χ1v) is 7.13. The second-order valence-electron chi connectivity index (χ2n) is 4.97. The normalized spacial score (nSPS) is 17.2. The van der Waals surface area contributed by atoms with Gasteiger partial charge in [-0.3, -0.25) is 0 Å². The van der Waals surface area contributed by atoms with E-state index in [0.29, 0.717) is 5.56 Å². The Morgan fingerprint density at radius 3 is 2.67 bits per heavy atom. The molecule has 0 saturated heterocycles. The fourth-order valence-corrected chi connectivity index (χ4v) is 2.56. The Morgan fingerprint density at radius 1 is 1.33 bits per heavy atom. The Bertz CT molecular complexity index is 784. The molecule has 1 aliphatic rings. The SMILES string of the molecule is CCOC(=O)C1=C(C(F)(F)F)Nc2ncnn2C1c1ccccc1. The third kappa shape index (κ3) is 2.72. The van der Waals surface area contributed by atoms with Gasteiger partial charge in [-0.25, -0.2) is 9.48 Å².